The summed E-state index contributed by atoms with van der Waals surface area (Å²) in [6.07, 6.45) is 4.86. The Morgan fingerprint density at radius 1 is 1.41 bits per heavy atom. The molecule has 0 aromatic heterocycles. The lowest BCUT2D eigenvalue weighted by atomic mass is 10.1. The molecule has 0 amide bonds. The Hall–Kier alpha value is -1.71. The summed E-state index contributed by atoms with van der Waals surface area (Å²) in [5.74, 6) is -0.0217. The van der Waals surface area contributed by atoms with E-state index in [2.05, 4.69) is 0 Å². The SMILES string of the molecule is Nc1ccc(OCC2CCCC2)c(C(=O)O)c1. The van der Waals surface area contributed by atoms with E-state index < -0.39 is 5.97 Å². The zero-order chi connectivity index (χ0) is 12.3. The van der Waals surface area contributed by atoms with Crippen LogP contribution in [0.4, 0.5) is 5.69 Å². The Morgan fingerprint density at radius 2 is 2.12 bits per heavy atom. The summed E-state index contributed by atoms with van der Waals surface area (Å²) in [4.78, 5) is 11.0. The van der Waals surface area contributed by atoms with Gasteiger partial charge in [0.15, 0.2) is 0 Å². The van der Waals surface area contributed by atoms with Crippen molar-refractivity contribution in [3.63, 3.8) is 0 Å². The summed E-state index contributed by atoms with van der Waals surface area (Å²) in [5.41, 5.74) is 6.15. The third-order valence-corrected chi connectivity index (χ3v) is 3.18. The van der Waals surface area contributed by atoms with Crippen LogP contribution in [0.25, 0.3) is 0 Å². The molecule has 0 radical (unpaired) electrons. The minimum atomic E-state index is -1.00. The zero-order valence-corrected chi connectivity index (χ0v) is 9.69. The lowest BCUT2D eigenvalue weighted by Crippen LogP contribution is -2.11. The van der Waals surface area contributed by atoms with Gasteiger partial charge in [0, 0.05) is 5.69 Å². The van der Waals surface area contributed by atoms with Gasteiger partial charge >= 0.3 is 5.97 Å². The van der Waals surface area contributed by atoms with Crippen molar-refractivity contribution >= 4 is 11.7 Å². The smallest absolute Gasteiger partial charge is 0.339 e. The molecule has 92 valence electrons. The number of anilines is 1. The molecule has 0 atom stereocenters. The normalized spacial score (nSPS) is 16.0. The van der Waals surface area contributed by atoms with E-state index in [1.807, 2.05) is 0 Å². The molecule has 1 fully saturated rings. The number of carboxylic acids is 1. The number of ether oxygens (including phenoxy) is 1. The number of nitrogens with two attached hydrogens (primary N) is 1. The Bertz CT molecular complexity index is 411. The second-order valence-electron chi connectivity index (χ2n) is 4.52. The van der Waals surface area contributed by atoms with Gasteiger partial charge in [0.2, 0.25) is 0 Å². The molecule has 0 bridgehead atoms. The summed E-state index contributed by atoms with van der Waals surface area (Å²) in [6, 6.07) is 4.73. The van der Waals surface area contributed by atoms with Gasteiger partial charge in [-0.05, 0) is 37.0 Å². The van der Waals surface area contributed by atoms with Crippen molar-refractivity contribution in [3.05, 3.63) is 23.8 Å². The highest BCUT2D eigenvalue weighted by atomic mass is 16.5. The van der Waals surface area contributed by atoms with Crippen LogP contribution in [0.3, 0.4) is 0 Å². The minimum absolute atomic E-state index is 0.142. The molecule has 4 nitrogen and oxygen atoms in total. The molecular formula is C13H17NO3. The first kappa shape index (κ1) is 11.8. The van der Waals surface area contributed by atoms with Gasteiger partial charge < -0.3 is 15.6 Å². The van der Waals surface area contributed by atoms with Crippen LogP contribution in [0.1, 0.15) is 36.0 Å². The molecular weight excluding hydrogens is 218 g/mol. The number of nitrogen functional groups attached to an aromatic ring is 1. The fourth-order valence-corrected chi connectivity index (χ4v) is 2.23. The number of benzene rings is 1. The molecule has 0 saturated heterocycles. The zero-order valence-electron chi connectivity index (χ0n) is 9.69. The number of hydrogen-bond acceptors (Lipinski definition) is 3. The molecule has 0 spiro atoms. The first-order valence-corrected chi connectivity index (χ1v) is 5.92. The average Bonchev–Trinajstić information content (AvgIpc) is 2.80. The number of hydrogen-bond donors (Lipinski definition) is 2. The number of rotatable bonds is 4. The summed E-state index contributed by atoms with van der Waals surface area (Å²) >= 11 is 0. The highest BCUT2D eigenvalue weighted by Gasteiger charge is 2.17. The molecule has 0 heterocycles. The van der Waals surface area contributed by atoms with Crippen LogP contribution < -0.4 is 10.5 Å². The Balaban J connectivity index is 2.06. The van der Waals surface area contributed by atoms with E-state index in [1.165, 1.54) is 31.7 Å². The summed E-state index contributed by atoms with van der Waals surface area (Å²) in [5, 5.41) is 9.05. The minimum Gasteiger partial charge on any atom is -0.492 e. The fourth-order valence-electron chi connectivity index (χ4n) is 2.23. The van der Waals surface area contributed by atoms with Gasteiger partial charge in [0.05, 0.1) is 6.61 Å². The molecule has 0 unspecified atom stereocenters. The highest BCUT2D eigenvalue weighted by Crippen LogP contribution is 2.27. The van der Waals surface area contributed by atoms with Crippen molar-refractivity contribution in [2.24, 2.45) is 5.92 Å². The van der Waals surface area contributed by atoms with Crippen LogP contribution in [0, 0.1) is 5.92 Å². The predicted molar refractivity (Wildman–Crippen MR) is 65.3 cm³/mol. The highest BCUT2D eigenvalue weighted by molar-refractivity contribution is 5.92. The van der Waals surface area contributed by atoms with Crippen molar-refractivity contribution in [2.45, 2.75) is 25.7 Å². The maximum absolute atomic E-state index is 11.0. The summed E-state index contributed by atoms with van der Waals surface area (Å²) in [6.45, 7) is 0.601. The van der Waals surface area contributed by atoms with Crippen LogP contribution >= 0.6 is 0 Å². The predicted octanol–water partition coefficient (Wildman–Crippen LogP) is 2.54. The van der Waals surface area contributed by atoms with Crippen molar-refractivity contribution in [1.82, 2.24) is 0 Å². The maximum atomic E-state index is 11.0. The van der Waals surface area contributed by atoms with Gasteiger partial charge in [-0.25, -0.2) is 4.79 Å². The average molecular weight is 235 g/mol. The second kappa shape index (κ2) is 5.08. The van der Waals surface area contributed by atoms with Gasteiger partial charge in [-0.1, -0.05) is 12.8 Å². The Morgan fingerprint density at radius 3 is 2.76 bits per heavy atom. The van der Waals surface area contributed by atoms with Crippen LogP contribution in [0.5, 0.6) is 5.75 Å². The summed E-state index contributed by atoms with van der Waals surface area (Å²) in [7, 11) is 0. The van der Waals surface area contributed by atoms with E-state index in [9.17, 15) is 4.79 Å². The van der Waals surface area contributed by atoms with Crippen LogP contribution in [0.15, 0.2) is 18.2 Å². The standard InChI is InChI=1S/C13H17NO3/c14-10-5-6-12(11(7-10)13(15)16)17-8-9-3-1-2-4-9/h5-7,9H,1-4,8,14H2,(H,15,16). The number of carbonyl (C=O) groups is 1. The van der Waals surface area contributed by atoms with E-state index in [-0.39, 0.29) is 5.56 Å². The van der Waals surface area contributed by atoms with E-state index in [4.69, 9.17) is 15.6 Å². The van der Waals surface area contributed by atoms with Crippen molar-refractivity contribution in [1.29, 1.82) is 0 Å². The maximum Gasteiger partial charge on any atom is 0.339 e. The van der Waals surface area contributed by atoms with Crippen LogP contribution in [-0.2, 0) is 0 Å². The molecule has 1 aromatic carbocycles. The first-order valence-electron chi connectivity index (χ1n) is 5.92. The second-order valence-corrected chi connectivity index (χ2v) is 4.52. The van der Waals surface area contributed by atoms with Crippen LogP contribution in [0.2, 0.25) is 0 Å². The van der Waals surface area contributed by atoms with Crippen LogP contribution in [-0.4, -0.2) is 17.7 Å². The van der Waals surface area contributed by atoms with E-state index >= 15 is 0 Å². The van der Waals surface area contributed by atoms with Crippen molar-refractivity contribution in [2.75, 3.05) is 12.3 Å². The summed E-state index contributed by atoms with van der Waals surface area (Å²) < 4.78 is 5.60. The van der Waals surface area contributed by atoms with E-state index in [1.54, 1.807) is 12.1 Å². The van der Waals surface area contributed by atoms with Gasteiger partial charge in [-0.3, -0.25) is 0 Å². The van der Waals surface area contributed by atoms with E-state index in [0.717, 1.165) is 0 Å². The third kappa shape index (κ3) is 2.90. The van der Waals surface area contributed by atoms with Crippen molar-refractivity contribution in [3.8, 4) is 5.75 Å². The molecule has 1 aromatic rings. The largest absolute Gasteiger partial charge is 0.492 e. The lowest BCUT2D eigenvalue weighted by Gasteiger charge is -2.13. The lowest BCUT2D eigenvalue weighted by molar-refractivity contribution is 0.0691. The molecule has 4 heteroatoms. The fraction of sp³-hybridized carbons (Fsp3) is 0.462. The Kier molecular flexibility index (Phi) is 3.52. The Labute approximate surface area is 100 Å². The molecule has 2 rings (SSSR count). The molecule has 1 saturated carbocycles. The van der Waals surface area contributed by atoms with Crippen molar-refractivity contribution < 1.29 is 14.6 Å². The molecule has 3 N–H and O–H groups in total. The molecule has 1 aliphatic rings. The molecule has 17 heavy (non-hydrogen) atoms. The first-order chi connectivity index (χ1) is 8.16. The van der Waals surface area contributed by atoms with Gasteiger partial charge in [-0.2, -0.15) is 0 Å². The van der Waals surface area contributed by atoms with Gasteiger partial charge in [-0.15, -0.1) is 0 Å². The van der Waals surface area contributed by atoms with E-state index in [0.29, 0.717) is 24.0 Å². The quantitative estimate of drug-likeness (QED) is 0.786. The van der Waals surface area contributed by atoms with Gasteiger partial charge in [0.25, 0.3) is 0 Å². The third-order valence-electron chi connectivity index (χ3n) is 3.18. The number of carboxylic acid groups (broad SMARTS) is 1. The van der Waals surface area contributed by atoms with Gasteiger partial charge in [0.1, 0.15) is 11.3 Å². The molecule has 1 aliphatic carbocycles. The molecule has 0 aliphatic heterocycles. The topological polar surface area (TPSA) is 72.5 Å². The monoisotopic (exact) mass is 235 g/mol. The number of aromatic carboxylic acids is 1.